The van der Waals surface area contributed by atoms with Gasteiger partial charge in [0, 0.05) is 19.4 Å². The van der Waals surface area contributed by atoms with Crippen LogP contribution in [-0.2, 0) is 19.1 Å². The summed E-state index contributed by atoms with van der Waals surface area (Å²) in [5, 5.41) is 10.1. The van der Waals surface area contributed by atoms with Gasteiger partial charge in [-0.3, -0.25) is 4.79 Å². The van der Waals surface area contributed by atoms with Gasteiger partial charge in [0.05, 0.1) is 13.7 Å². The fourth-order valence-electron chi connectivity index (χ4n) is 4.04. The number of rotatable bonds is 14. The summed E-state index contributed by atoms with van der Waals surface area (Å²) in [4.78, 5) is 24.1. The summed E-state index contributed by atoms with van der Waals surface area (Å²) >= 11 is 0. The molecule has 1 saturated carbocycles. The van der Waals surface area contributed by atoms with E-state index in [1.54, 1.807) is 7.11 Å². The summed E-state index contributed by atoms with van der Waals surface area (Å²) < 4.78 is 9.96. The molecular formula is C24H40O5. The lowest BCUT2D eigenvalue weighted by molar-refractivity contribution is -0.160. The number of esters is 1. The highest BCUT2D eigenvalue weighted by molar-refractivity contribution is 5.84. The number of ether oxygens (including phenoxy) is 2. The molecule has 1 aliphatic rings. The Morgan fingerprint density at radius 2 is 1.93 bits per heavy atom. The molecule has 1 aliphatic carbocycles. The molecule has 0 saturated heterocycles. The van der Waals surface area contributed by atoms with Crippen LogP contribution in [0.3, 0.4) is 0 Å². The Morgan fingerprint density at radius 3 is 2.59 bits per heavy atom. The van der Waals surface area contributed by atoms with Crippen LogP contribution in [0.4, 0.5) is 0 Å². The number of Topliss-reactive ketones (excluding diaryl/α,β-unsaturated/α-hetero) is 1. The fraction of sp³-hybridized carbons (Fsp3) is 0.750. The number of carbonyl (C=O) groups excluding carboxylic acids is 2. The molecular weight excluding hydrogens is 368 g/mol. The molecule has 0 amide bonds. The lowest BCUT2D eigenvalue weighted by Crippen LogP contribution is -2.35. The molecule has 4 atom stereocenters. The predicted octanol–water partition coefficient (Wildman–Crippen LogP) is 4.63. The zero-order valence-corrected chi connectivity index (χ0v) is 18.7. The van der Waals surface area contributed by atoms with Crippen molar-refractivity contribution in [2.24, 2.45) is 17.8 Å². The Bertz CT molecular complexity index is 549. The van der Waals surface area contributed by atoms with Crippen LogP contribution >= 0.6 is 0 Å². The van der Waals surface area contributed by atoms with Crippen molar-refractivity contribution in [3.05, 3.63) is 24.3 Å². The number of carbonyl (C=O) groups is 2. The summed E-state index contributed by atoms with van der Waals surface area (Å²) in [6, 6.07) is 0. The minimum Gasteiger partial charge on any atom is -0.467 e. The highest BCUT2D eigenvalue weighted by Gasteiger charge is 2.39. The van der Waals surface area contributed by atoms with Crippen LogP contribution in [0.1, 0.15) is 71.6 Å². The molecule has 0 aromatic heterocycles. The van der Waals surface area contributed by atoms with E-state index in [1.165, 1.54) is 39.7 Å². The molecule has 0 spiro atoms. The van der Waals surface area contributed by atoms with E-state index in [1.807, 2.05) is 12.2 Å². The molecule has 1 fully saturated rings. The van der Waals surface area contributed by atoms with Crippen LogP contribution < -0.4 is 0 Å². The number of allylic oxidation sites excluding steroid dienone is 4. The third-order valence-corrected chi connectivity index (χ3v) is 5.83. The quantitative estimate of drug-likeness (QED) is 0.258. The average Bonchev–Trinajstić information content (AvgIpc) is 2.98. The average molecular weight is 409 g/mol. The Balaban J connectivity index is 2.59. The van der Waals surface area contributed by atoms with E-state index in [4.69, 9.17) is 4.74 Å². The highest BCUT2D eigenvalue weighted by Crippen LogP contribution is 2.38. The number of hydrogen-bond donors (Lipinski definition) is 1. The maximum atomic E-state index is 12.6. The lowest BCUT2D eigenvalue weighted by atomic mass is 9.86. The first-order valence-electron chi connectivity index (χ1n) is 11.0. The van der Waals surface area contributed by atoms with Gasteiger partial charge >= 0.3 is 5.97 Å². The van der Waals surface area contributed by atoms with E-state index < -0.39 is 11.6 Å². The van der Waals surface area contributed by atoms with Gasteiger partial charge in [-0.1, -0.05) is 50.5 Å². The van der Waals surface area contributed by atoms with Gasteiger partial charge in [0.25, 0.3) is 0 Å². The van der Waals surface area contributed by atoms with Gasteiger partial charge in [-0.05, 0) is 50.9 Å². The van der Waals surface area contributed by atoms with Crippen molar-refractivity contribution in [1.29, 1.82) is 0 Å². The van der Waals surface area contributed by atoms with Gasteiger partial charge in [-0.15, -0.1) is 0 Å². The maximum Gasteiger partial charge on any atom is 0.337 e. The Hall–Kier alpha value is -1.46. The zero-order chi connectivity index (χ0) is 21.7. The van der Waals surface area contributed by atoms with E-state index in [9.17, 15) is 14.7 Å². The van der Waals surface area contributed by atoms with Gasteiger partial charge < -0.3 is 14.6 Å². The molecule has 0 radical (unpaired) electrons. The third-order valence-electron chi connectivity index (χ3n) is 5.83. The first-order valence-corrected chi connectivity index (χ1v) is 11.0. The van der Waals surface area contributed by atoms with Gasteiger partial charge in [-0.2, -0.15) is 0 Å². The second kappa shape index (κ2) is 13.7. The van der Waals surface area contributed by atoms with E-state index in [0.29, 0.717) is 38.1 Å². The Morgan fingerprint density at radius 1 is 1.17 bits per heavy atom. The minimum absolute atomic E-state index is 0.0144. The SMILES string of the molecule is CCCCCC/C=C/[C@H]1[C@H](COC)CC(=O)[C@@H]1C/C=C\CCC(C)(O)C(=O)OC. The van der Waals surface area contributed by atoms with Crippen molar-refractivity contribution >= 4 is 11.8 Å². The standard InChI is InChI=1S/C24H40O5/c1-5-6-7-8-9-11-14-20-19(18-28-3)17-22(25)21(20)15-12-10-13-16-24(2,27)23(26)29-4/h10-12,14,19-21,27H,5-9,13,15-18H2,1-4H3/b12-10-,14-11+/t19-,20-,21+,24?/m0/s1. The van der Waals surface area contributed by atoms with Crippen molar-refractivity contribution in [3.63, 3.8) is 0 Å². The molecule has 0 heterocycles. The van der Waals surface area contributed by atoms with Crippen LogP contribution in [0, 0.1) is 17.8 Å². The van der Waals surface area contributed by atoms with E-state index in [2.05, 4.69) is 23.8 Å². The summed E-state index contributed by atoms with van der Waals surface area (Å²) in [5.74, 6) is 0.135. The Kier molecular flexibility index (Phi) is 12.1. The Labute approximate surface area is 176 Å². The second-order valence-corrected chi connectivity index (χ2v) is 8.36. The van der Waals surface area contributed by atoms with E-state index in [0.717, 1.165) is 6.42 Å². The molecule has 1 N–H and O–H groups in total. The second-order valence-electron chi connectivity index (χ2n) is 8.36. The normalized spacial score (nSPS) is 24.4. The highest BCUT2D eigenvalue weighted by atomic mass is 16.5. The van der Waals surface area contributed by atoms with E-state index in [-0.39, 0.29) is 17.8 Å². The van der Waals surface area contributed by atoms with Crippen LogP contribution in [0.25, 0.3) is 0 Å². The number of methoxy groups -OCH3 is 2. The molecule has 166 valence electrons. The summed E-state index contributed by atoms with van der Waals surface area (Å²) in [7, 11) is 2.96. The van der Waals surface area contributed by atoms with Crippen LogP contribution in [0.15, 0.2) is 24.3 Å². The van der Waals surface area contributed by atoms with Crippen molar-refractivity contribution in [2.45, 2.75) is 77.2 Å². The van der Waals surface area contributed by atoms with Crippen molar-refractivity contribution in [2.75, 3.05) is 20.8 Å². The molecule has 0 aliphatic heterocycles. The van der Waals surface area contributed by atoms with Gasteiger partial charge in [0.2, 0.25) is 0 Å². The lowest BCUT2D eigenvalue weighted by Gasteiger charge is -2.20. The molecule has 0 aromatic rings. The first kappa shape index (κ1) is 25.6. The summed E-state index contributed by atoms with van der Waals surface area (Å²) in [5.41, 5.74) is -1.48. The van der Waals surface area contributed by atoms with Crippen molar-refractivity contribution < 1.29 is 24.2 Å². The molecule has 29 heavy (non-hydrogen) atoms. The summed E-state index contributed by atoms with van der Waals surface area (Å²) in [6.45, 7) is 4.28. The predicted molar refractivity (Wildman–Crippen MR) is 115 cm³/mol. The van der Waals surface area contributed by atoms with Crippen molar-refractivity contribution in [1.82, 2.24) is 0 Å². The smallest absolute Gasteiger partial charge is 0.337 e. The molecule has 5 nitrogen and oxygen atoms in total. The minimum atomic E-state index is -1.48. The number of ketones is 1. The molecule has 1 unspecified atom stereocenters. The molecule has 1 rings (SSSR count). The number of hydrogen-bond acceptors (Lipinski definition) is 5. The molecule has 0 bridgehead atoms. The number of aliphatic hydroxyl groups is 1. The molecule has 5 heteroatoms. The first-order chi connectivity index (χ1) is 13.9. The fourth-order valence-corrected chi connectivity index (χ4v) is 4.04. The molecule has 0 aromatic carbocycles. The van der Waals surface area contributed by atoms with Gasteiger partial charge in [-0.25, -0.2) is 4.79 Å². The van der Waals surface area contributed by atoms with Crippen LogP contribution in [0.2, 0.25) is 0 Å². The third kappa shape index (κ3) is 8.83. The van der Waals surface area contributed by atoms with Gasteiger partial charge in [0.15, 0.2) is 5.60 Å². The van der Waals surface area contributed by atoms with Crippen LogP contribution in [0.5, 0.6) is 0 Å². The number of unbranched alkanes of at least 4 members (excludes halogenated alkanes) is 4. The largest absolute Gasteiger partial charge is 0.467 e. The van der Waals surface area contributed by atoms with Gasteiger partial charge in [0.1, 0.15) is 5.78 Å². The van der Waals surface area contributed by atoms with E-state index >= 15 is 0 Å². The maximum absolute atomic E-state index is 12.6. The summed E-state index contributed by atoms with van der Waals surface area (Å²) in [6.07, 6.45) is 16.6. The monoisotopic (exact) mass is 408 g/mol. The van der Waals surface area contributed by atoms with Crippen LogP contribution in [-0.4, -0.2) is 43.3 Å². The zero-order valence-electron chi connectivity index (χ0n) is 18.7. The topological polar surface area (TPSA) is 72.8 Å². The van der Waals surface area contributed by atoms with Crippen molar-refractivity contribution in [3.8, 4) is 0 Å².